The summed E-state index contributed by atoms with van der Waals surface area (Å²) in [6.45, 7) is 2.74. The van der Waals surface area contributed by atoms with Crippen molar-refractivity contribution in [3.63, 3.8) is 0 Å². The molecule has 0 bridgehead atoms. The lowest BCUT2D eigenvalue weighted by Crippen LogP contribution is -2.24. The molecule has 0 aliphatic heterocycles. The van der Waals surface area contributed by atoms with E-state index in [4.69, 9.17) is 9.72 Å². The molecule has 0 saturated heterocycles. The van der Waals surface area contributed by atoms with Crippen LogP contribution in [0, 0.1) is 0 Å². The maximum atomic E-state index is 13.2. The molecule has 2 aromatic heterocycles. The van der Waals surface area contributed by atoms with Crippen LogP contribution in [-0.2, 0) is 19.4 Å². The first-order valence-electron chi connectivity index (χ1n) is 9.17. The van der Waals surface area contributed by atoms with E-state index in [1.54, 1.807) is 23.0 Å². The molecule has 0 atom stereocenters. The smallest absolute Gasteiger partial charge is 0.263 e. The lowest BCUT2D eigenvalue weighted by molar-refractivity contribution is 0.415. The molecule has 1 aliphatic carbocycles. The van der Waals surface area contributed by atoms with E-state index >= 15 is 0 Å². The van der Waals surface area contributed by atoms with Gasteiger partial charge < -0.3 is 10.1 Å². The number of anilines is 2. The van der Waals surface area contributed by atoms with Gasteiger partial charge in [0.15, 0.2) is 0 Å². The van der Waals surface area contributed by atoms with Crippen LogP contribution in [-0.4, -0.2) is 16.7 Å². The molecule has 136 valence electrons. The summed E-state index contributed by atoms with van der Waals surface area (Å²) in [4.78, 5) is 20.3. The highest BCUT2D eigenvalue weighted by molar-refractivity contribution is 7.18. The van der Waals surface area contributed by atoms with E-state index < -0.39 is 0 Å². The Morgan fingerprint density at radius 2 is 2.00 bits per heavy atom. The van der Waals surface area contributed by atoms with Gasteiger partial charge in [-0.05, 0) is 61.9 Å². The number of ether oxygens (including phenoxy) is 1. The molecule has 1 aliphatic rings. The summed E-state index contributed by atoms with van der Waals surface area (Å²) in [5.41, 5.74) is 2.23. The van der Waals surface area contributed by atoms with Gasteiger partial charge >= 0.3 is 0 Å². The van der Waals surface area contributed by atoms with E-state index in [0.717, 1.165) is 47.3 Å². The highest BCUT2D eigenvalue weighted by Crippen LogP contribution is 2.34. The summed E-state index contributed by atoms with van der Waals surface area (Å²) in [6, 6.07) is 7.66. The van der Waals surface area contributed by atoms with Crippen LogP contribution in [0.5, 0.6) is 5.75 Å². The van der Waals surface area contributed by atoms with Gasteiger partial charge in [0.1, 0.15) is 10.6 Å². The minimum Gasteiger partial charge on any atom is -0.497 e. The number of hydrogen-bond acceptors (Lipinski definition) is 5. The Morgan fingerprint density at radius 1 is 1.23 bits per heavy atom. The fraction of sp³-hybridized carbons (Fsp3) is 0.400. The summed E-state index contributed by atoms with van der Waals surface area (Å²) in [5.74, 6) is 1.42. The molecule has 0 radical (unpaired) electrons. The average molecular weight is 369 g/mol. The van der Waals surface area contributed by atoms with E-state index in [1.807, 2.05) is 24.3 Å². The van der Waals surface area contributed by atoms with Crippen molar-refractivity contribution >= 4 is 33.2 Å². The second-order valence-corrected chi connectivity index (χ2v) is 7.72. The van der Waals surface area contributed by atoms with Crippen molar-refractivity contribution in [1.29, 1.82) is 0 Å². The molecule has 2 heterocycles. The monoisotopic (exact) mass is 369 g/mol. The molecule has 0 fully saturated rings. The number of nitrogens with zero attached hydrogens (tertiary/aromatic N) is 2. The molecule has 6 heteroatoms. The number of benzene rings is 1. The first kappa shape index (κ1) is 17.1. The molecular formula is C20H23N3O2S. The van der Waals surface area contributed by atoms with Crippen LogP contribution < -0.4 is 15.6 Å². The van der Waals surface area contributed by atoms with Crippen molar-refractivity contribution in [2.45, 2.75) is 45.6 Å². The zero-order valence-electron chi connectivity index (χ0n) is 15.2. The Hall–Kier alpha value is -2.34. The Bertz CT molecular complexity index is 989. The summed E-state index contributed by atoms with van der Waals surface area (Å²) in [7, 11) is 1.65. The number of fused-ring (bicyclic) bond motifs is 3. The van der Waals surface area contributed by atoms with Gasteiger partial charge in [0, 0.05) is 17.1 Å². The number of aryl methyl sites for hydroxylation is 2. The standard InChI is InChI=1S/C20H23N3O2S/c1-3-12-23-19(24)17-15-6-4-5-7-16(15)26-18(17)22-20(23)21-13-8-10-14(25-2)11-9-13/h8-11H,3-7,12H2,1-2H3,(H,21,22). The van der Waals surface area contributed by atoms with Crippen molar-refractivity contribution in [3.8, 4) is 5.75 Å². The van der Waals surface area contributed by atoms with Gasteiger partial charge in [0.2, 0.25) is 5.95 Å². The molecule has 26 heavy (non-hydrogen) atoms. The fourth-order valence-corrected chi connectivity index (χ4v) is 4.82. The first-order valence-corrected chi connectivity index (χ1v) is 9.99. The van der Waals surface area contributed by atoms with Crippen LogP contribution in [0.15, 0.2) is 29.1 Å². The number of aromatic nitrogens is 2. The van der Waals surface area contributed by atoms with Gasteiger partial charge in [-0.3, -0.25) is 9.36 Å². The van der Waals surface area contributed by atoms with Gasteiger partial charge in [-0.1, -0.05) is 6.92 Å². The third kappa shape index (κ3) is 2.98. The molecule has 0 saturated carbocycles. The predicted molar refractivity (Wildman–Crippen MR) is 107 cm³/mol. The van der Waals surface area contributed by atoms with Crippen molar-refractivity contribution in [3.05, 3.63) is 45.1 Å². The lowest BCUT2D eigenvalue weighted by Gasteiger charge is -2.14. The minimum atomic E-state index is 0.0901. The minimum absolute atomic E-state index is 0.0901. The van der Waals surface area contributed by atoms with Crippen LogP contribution in [0.3, 0.4) is 0 Å². The fourth-order valence-electron chi connectivity index (χ4n) is 3.57. The zero-order valence-corrected chi connectivity index (χ0v) is 16.0. The summed E-state index contributed by atoms with van der Waals surface area (Å²) < 4.78 is 6.99. The van der Waals surface area contributed by atoms with E-state index in [9.17, 15) is 4.79 Å². The summed E-state index contributed by atoms with van der Waals surface area (Å²) in [6.07, 6.45) is 5.34. The maximum absolute atomic E-state index is 13.2. The van der Waals surface area contributed by atoms with Crippen LogP contribution in [0.4, 0.5) is 11.6 Å². The number of hydrogen-bond donors (Lipinski definition) is 1. The van der Waals surface area contributed by atoms with Crippen LogP contribution in [0.1, 0.15) is 36.6 Å². The summed E-state index contributed by atoms with van der Waals surface area (Å²) in [5, 5.41) is 4.17. The van der Waals surface area contributed by atoms with E-state index in [-0.39, 0.29) is 5.56 Å². The quantitative estimate of drug-likeness (QED) is 0.719. The lowest BCUT2D eigenvalue weighted by atomic mass is 9.97. The van der Waals surface area contributed by atoms with Gasteiger partial charge in [0.05, 0.1) is 12.5 Å². The number of thiophene rings is 1. The molecule has 0 spiro atoms. The Morgan fingerprint density at radius 3 is 2.73 bits per heavy atom. The Labute approximate surface area is 156 Å². The number of methoxy groups -OCH3 is 1. The van der Waals surface area contributed by atoms with Crippen molar-refractivity contribution in [2.75, 3.05) is 12.4 Å². The molecule has 1 N–H and O–H groups in total. The van der Waals surface area contributed by atoms with Crippen LogP contribution in [0.25, 0.3) is 10.2 Å². The summed E-state index contributed by atoms with van der Waals surface area (Å²) >= 11 is 1.69. The molecular weight excluding hydrogens is 346 g/mol. The van der Waals surface area contributed by atoms with Crippen molar-refractivity contribution in [2.24, 2.45) is 0 Å². The average Bonchev–Trinajstić information content (AvgIpc) is 3.04. The maximum Gasteiger partial charge on any atom is 0.263 e. The second-order valence-electron chi connectivity index (χ2n) is 6.64. The highest BCUT2D eigenvalue weighted by atomic mass is 32.1. The van der Waals surface area contributed by atoms with Crippen LogP contribution >= 0.6 is 11.3 Å². The zero-order chi connectivity index (χ0) is 18.1. The molecule has 0 unspecified atom stereocenters. The topological polar surface area (TPSA) is 56.1 Å². The third-order valence-corrected chi connectivity index (χ3v) is 6.05. The van der Waals surface area contributed by atoms with Gasteiger partial charge in [0.25, 0.3) is 5.56 Å². The van der Waals surface area contributed by atoms with Gasteiger partial charge in [-0.15, -0.1) is 11.3 Å². The molecule has 5 nitrogen and oxygen atoms in total. The Balaban J connectivity index is 1.82. The molecule has 4 rings (SSSR count). The largest absolute Gasteiger partial charge is 0.497 e. The third-order valence-electron chi connectivity index (χ3n) is 4.87. The normalized spacial score (nSPS) is 13.6. The van der Waals surface area contributed by atoms with E-state index in [0.29, 0.717) is 12.5 Å². The molecule has 1 aromatic carbocycles. The number of rotatable bonds is 5. The predicted octanol–water partition coefficient (Wildman–Crippen LogP) is 4.50. The Kier molecular flexibility index (Phi) is 4.68. The van der Waals surface area contributed by atoms with Crippen molar-refractivity contribution in [1.82, 2.24) is 9.55 Å². The second kappa shape index (κ2) is 7.11. The molecule has 0 amide bonds. The van der Waals surface area contributed by atoms with E-state index in [1.165, 1.54) is 16.9 Å². The van der Waals surface area contributed by atoms with Gasteiger partial charge in [-0.2, -0.15) is 0 Å². The SMILES string of the molecule is CCCn1c(Nc2ccc(OC)cc2)nc2sc3c(c2c1=O)CCCC3. The van der Waals surface area contributed by atoms with Crippen molar-refractivity contribution < 1.29 is 4.74 Å². The van der Waals surface area contributed by atoms with E-state index in [2.05, 4.69) is 12.2 Å². The van der Waals surface area contributed by atoms with Gasteiger partial charge in [-0.25, -0.2) is 4.98 Å². The highest BCUT2D eigenvalue weighted by Gasteiger charge is 2.22. The van der Waals surface area contributed by atoms with Crippen LogP contribution in [0.2, 0.25) is 0 Å². The first-order chi connectivity index (χ1) is 12.7. The number of nitrogens with one attached hydrogen (secondary N) is 1. The molecule has 3 aromatic rings.